The minimum absolute atomic E-state index is 0.106. The molecule has 2 N–H and O–H groups in total. The number of aryl methyl sites for hydroxylation is 1. The number of rotatable bonds is 6. The number of benzene rings is 2. The molecule has 2 unspecified atom stereocenters. The number of hydrogen-bond donors (Lipinski definition) is 1. The zero-order valence-electron chi connectivity index (χ0n) is 12.9. The van der Waals surface area contributed by atoms with Crippen LogP contribution in [-0.2, 0) is 11.3 Å². The predicted octanol–water partition coefficient (Wildman–Crippen LogP) is 3.61. The first-order valence-electron chi connectivity index (χ1n) is 7.17. The van der Waals surface area contributed by atoms with Crippen LogP contribution in [0.15, 0.2) is 48.5 Å². The largest absolute Gasteiger partial charge is 0.489 e. The first kappa shape index (κ1) is 15.5. The lowest BCUT2D eigenvalue weighted by atomic mass is 10.0. The maximum atomic E-state index is 6.28. The molecule has 0 spiro atoms. The van der Waals surface area contributed by atoms with Gasteiger partial charge in [0.2, 0.25) is 0 Å². The molecule has 0 aromatic heterocycles. The lowest BCUT2D eigenvalue weighted by Crippen LogP contribution is -2.28. The highest BCUT2D eigenvalue weighted by molar-refractivity contribution is 5.29. The monoisotopic (exact) mass is 285 g/mol. The molecule has 3 nitrogen and oxygen atoms in total. The normalized spacial score (nSPS) is 13.7. The van der Waals surface area contributed by atoms with Crippen molar-refractivity contribution in [2.24, 2.45) is 5.73 Å². The molecular formula is C18H23NO2. The number of nitrogens with two attached hydrogens (primary N) is 1. The van der Waals surface area contributed by atoms with Crippen LogP contribution < -0.4 is 10.5 Å². The molecule has 2 atom stereocenters. The molecule has 21 heavy (non-hydrogen) atoms. The molecule has 0 amide bonds. The van der Waals surface area contributed by atoms with E-state index in [4.69, 9.17) is 15.2 Å². The molecule has 112 valence electrons. The Morgan fingerprint density at radius 3 is 2.48 bits per heavy atom. The van der Waals surface area contributed by atoms with Crippen molar-refractivity contribution in [2.75, 3.05) is 7.11 Å². The van der Waals surface area contributed by atoms with Gasteiger partial charge in [0.1, 0.15) is 11.9 Å². The Kier molecular flexibility index (Phi) is 5.37. The summed E-state index contributed by atoms with van der Waals surface area (Å²) in [6, 6.07) is 16.0. The van der Waals surface area contributed by atoms with E-state index in [1.807, 2.05) is 31.2 Å². The van der Waals surface area contributed by atoms with Gasteiger partial charge in [0, 0.05) is 7.11 Å². The molecular weight excluding hydrogens is 262 g/mol. The molecule has 0 fully saturated rings. The molecule has 0 heterocycles. The van der Waals surface area contributed by atoms with Crippen LogP contribution in [0.3, 0.4) is 0 Å². The van der Waals surface area contributed by atoms with Gasteiger partial charge in [0.25, 0.3) is 0 Å². The van der Waals surface area contributed by atoms with Crippen molar-refractivity contribution in [1.82, 2.24) is 0 Å². The van der Waals surface area contributed by atoms with E-state index < -0.39 is 0 Å². The Labute approximate surface area is 126 Å². The Morgan fingerprint density at radius 2 is 1.81 bits per heavy atom. The highest BCUT2D eigenvalue weighted by Crippen LogP contribution is 2.21. The van der Waals surface area contributed by atoms with E-state index in [-0.39, 0.29) is 12.1 Å². The zero-order chi connectivity index (χ0) is 15.2. The van der Waals surface area contributed by atoms with Crippen LogP contribution >= 0.6 is 0 Å². The van der Waals surface area contributed by atoms with Crippen molar-refractivity contribution in [3.05, 3.63) is 65.2 Å². The lowest BCUT2D eigenvalue weighted by Gasteiger charge is -2.22. The molecule has 0 bridgehead atoms. The minimum Gasteiger partial charge on any atom is -0.489 e. The van der Waals surface area contributed by atoms with Crippen molar-refractivity contribution >= 4 is 0 Å². The summed E-state index contributed by atoms with van der Waals surface area (Å²) in [5.41, 5.74) is 9.69. The summed E-state index contributed by atoms with van der Waals surface area (Å²) in [5.74, 6) is 0.819. The maximum absolute atomic E-state index is 6.28. The Bertz CT molecular complexity index is 566. The molecule has 0 aliphatic rings. The fourth-order valence-corrected chi connectivity index (χ4v) is 2.22. The van der Waals surface area contributed by atoms with E-state index >= 15 is 0 Å². The van der Waals surface area contributed by atoms with E-state index in [0.717, 1.165) is 16.9 Å². The molecule has 0 aliphatic heterocycles. The molecule has 2 aromatic rings. The second kappa shape index (κ2) is 7.25. The third-order valence-corrected chi connectivity index (χ3v) is 3.50. The van der Waals surface area contributed by atoms with Crippen LogP contribution in [0.1, 0.15) is 29.7 Å². The first-order valence-corrected chi connectivity index (χ1v) is 7.17. The standard InChI is InChI=1S/C18H23NO2/c1-13-7-9-16(10-8-13)18(19)14(2)21-17-6-4-5-15(11-17)12-20-3/h4-11,14,18H,12,19H2,1-3H3. The molecule has 3 heteroatoms. The number of hydrogen-bond acceptors (Lipinski definition) is 3. The van der Waals surface area contributed by atoms with Gasteiger partial charge >= 0.3 is 0 Å². The average molecular weight is 285 g/mol. The fraction of sp³-hybridized carbons (Fsp3) is 0.333. The highest BCUT2D eigenvalue weighted by Gasteiger charge is 2.16. The van der Waals surface area contributed by atoms with Gasteiger partial charge in [-0.2, -0.15) is 0 Å². The summed E-state index contributed by atoms with van der Waals surface area (Å²) in [5, 5.41) is 0. The van der Waals surface area contributed by atoms with Crippen molar-refractivity contribution in [1.29, 1.82) is 0 Å². The second-order valence-electron chi connectivity index (χ2n) is 5.34. The minimum atomic E-state index is -0.156. The number of methoxy groups -OCH3 is 1. The van der Waals surface area contributed by atoms with Crippen molar-refractivity contribution in [2.45, 2.75) is 32.6 Å². The van der Waals surface area contributed by atoms with Crippen molar-refractivity contribution in [3.8, 4) is 5.75 Å². The second-order valence-corrected chi connectivity index (χ2v) is 5.34. The van der Waals surface area contributed by atoms with Gasteiger partial charge in [-0.3, -0.25) is 0 Å². The van der Waals surface area contributed by atoms with Crippen molar-refractivity contribution < 1.29 is 9.47 Å². The van der Waals surface area contributed by atoms with Gasteiger partial charge in [-0.15, -0.1) is 0 Å². The summed E-state index contributed by atoms with van der Waals surface area (Å²) in [6.45, 7) is 4.64. The van der Waals surface area contributed by atoms with Gasteiger partial charge in [0.15, 0.2) is 0 Å². The van der Waals surface area contributed by atoms with Crippen LogP contribution in [0.2, 0.25) is 0 Å². The number of ether oxygens (including phenoxy) is 2. The Hall–Kier alpha value is -1.84. The highest BCUT2D eigenvalue weighted by atomic mass is 16.5. The molecule has 0 saturated carbocycles. The molecule has 2 rings (SSSR count). The topological polar surface area (TPSA) is 44.5 Å². The summed E-state index contributed by atoms with van der Waals surface area (Å²) in [4.78, 5) is 0. The fourth-order valence-electron chi connectivity index (χ4n) is 2.22. The summed E-state index contributed by atoms with van der Waals surface area (Å²) >= 11 is 0. The zero-order valence-corrected chi connectivity index (χ0v) is 12.9. The first-order chi connectivity index (χ1) is 10.1. The average Bonchev–Trinajstić information content (AvgIpc) is 2.48. The lowest BCUT2D eigenvalue weighted by molar-refractivity contribution is 0.179. The van der Waals surface area contributed by atoms with Gasteiger partial charge in [-0.25, -0.2) is 0 Å². The van der Waals surface area contributed by atoms with Crippen LogP contribution in [0.5, 0.6) is 5.75 Å². The van der Waals surface area contributed by atoms with Gasteiger partial charge < -0.3 is 15.2 Å². The Morgan fingerprint density at radius 1 is 1.10 bits per heavy atom. The van der Waals surface area contributed by atoms with Crippen LogP contribution in [-0.4, -0.2) is 13.2 Å². The molecule has 0 aliphatic carbocycles. The summed E-state index contributed by atoms with van der Waals surface area (Å²) in [6.07, 6.45) is -0.106. The Balaban J connectivity index is 2.04. The van der Waals surface area contributed by atoms with E-state index in [1.165, 1.54) is 5.56 Å². The van der Waals surface area contributed by atoms with E-state index in [2.05, 4.69) is 31.2 Å². The maximum Gasteiger partial charge on any atom is 0.120 e. The third-order valence-electron chi connectivity index (χ3n) is 3.50. The molecule has 0 radical (unpaired) electrons. The predicted molar refractivity (Wildman–Crippen MR) is 85.4 cm³/mol. The quantitative estimate of drug-likeness (QED) is 0.881. The van der Waals surface area contributed by atoms with Crippen LogP contribution in [0, 0.1) is 6.92 Å². The van der Waals surface area contributed by atoms with Crippen molar-refractivity contribution in [3.63, 3.8) is 0 Å². The van der Waals surface area contributed by atoms with Crippen LogP contribution in [0.4, 0.5) is 0 Å². The van der Waals surface area contributed by atoms with Gasteiger partial charge in [0.05, 0.1) is 12.6 Å². The molecule has 0 saturated heterocycles. The van der Waals surface area contributed by atoms with Gasteiger partial charge in [-0.1, -0.05) is 42.0 Å². The summed E-state index contributed by atoms with van der Waals surface area (Å²) in [7, 11) is 1.68. The summed E-state index contributed by atoms with van der Waals surface area (Å²) < 4.78 is 11.1. The SMILES string of the molecule is COCc1cccc(OC(C)C(N)c2ccc(C)cc2)c1. The van der Waals surface area contributed by atoms with E-state index in [0.29, 0.717) is 6.61 Å². The smallest absolute Gasteiger partial charge is 0.120 e. The molecule has 2 aromatic carbocycles. The van der Waals surface area contributed by atoms with Gasteiger partial charge in [-0.05, 0) is 37.1 Å². The van der Waals surface area contributed by atoms with E-state index in [9.17, 15) is 0 Å². The third kappa shape index (κ3) is 4.31. The van der Waals surface area contributed by atoms with Crippen LogP contribution in [0.25, 0.3) is 0 Å². The van der Waals surface area contributed by atoms with E-state index in [1.54, 1.807) is 7.11 Å².